The van der Waals surface area contributed by atoms with Crippen molar-refractivity contribution in [3.63, 3.8) is 0 Å². The fraction of sp³-hybridized carbons (Fsp3) is 0.526. The van der Waals surface area contributed by atoms with E-state index in [-0.39, 0.29) is 11.3 Å². The molecule has 22 heavy (non-hydrogen) atoms. The molecule has 2 bridgehead atoms. The maximum absolute atomic E-state index is 12.8. The molecule has 0 amide bonds. The Hall–Kier alpha value is -1.61. The van der Waals surface area contributed by atoms with Crippen LogP contribution in [-0.2, 0) is 0 Å². The van der Waals surface area contributed by atoms with E-state index in [4.69, 9.17) is 4.42 Å². The number of Topliss-reactive ketones (excluding diaryl/α,β-unsaturated/α-hetero) is 1. The molecule has 0 unspecified atom stereocenters. The second-order valence-electron chi connectivity index (χ2n) is 7.39. The van der Waals surface area contributed by atoms with E-state index in [0.29, 0.717) is 18.3 Å². The SMILES string of the molecule is CC1(C)[C@H](CC(=O)c2ccc3occc3c2)C2CCN1CC2. The number of hydrogen-bond donors (Lipinski definition) is 0. The number of ketones is 1. The first-order valence-electron chi connectivity index (χ1n) is 8.31. The maximum Gasteiger partial charge on any atom is 0.163 e. The molecule has 0 saturated carbocycles. The first kappa shape index (κ1) is 14.0. The van der Waals surface area contributed by atoms with Gasteiger partial charge in [0.1, 0.15) is 5.58 Å². The van der Waals surface area contributed by atoms with Gasteiger partial charge in [0.05, 0.1) is 6.26 Å². The number of carbonyl (C=O) groups is 1. The lowest BCUT2D eigenvalue weighted by atomic mass is 9.65. The minimum Gasteiger partial charge on any atom is -0.464 e. The Morgan fingerprint density at radius 1 is 1.27 bits per heavy atom. The van der Waals surface area contributed by atoms with Gasteiger partial charge in [-0.05, 0) is 75.9 Å². The maximum atomic E-state index is 12.8. The second-order valence-corrected chi connectivity index (χ2v) is 7.39. The highest BCUT2D eigenvalue weighted by Crippen LogP contribution is 2.45. The van der Waals surface area contributed by atoms with Crippen molar-refractivity contribution < 1.29 is 9.21 Å². The highest BCUT2D eigenvalue weighted by Gasteiger charge is 2.47. The topological polar surface area (TPSA) is 33.5 Å². The monoisotopic (exact) mass is 297 g/mol. The van der Waals surface area contributed by atoms with Crippen LogP contribution in [0.2, 0.25) is 0 Å². The number of benzene rings is 1. The molecule has 1 aromatic heterocycles. The Labute approximate surface area is 131 Å². The van der Waals surface area contributed by atoms with Crippen molar-refractivity contribution in [2.24, 2.45) is 11.8 Å². The van der Waals surface area contributed by atoms with E-state index in [1.54, 1.807) is 6.26 Å². The Bertz CT molecular complexity index is 707. The third kappa shape index (κ3) is 2.11. The van der Waals surface area contributed by atoms with Gasteiger partial charge in [-0.3, -0.25) is 9.69 Å². The van der Waals surface area contributed by atoms with Crippen LogP contribution in [0.25, 0.3) is 11.0 Å². The lowest BCUT2D eigenvalue weighted by Gasteiger charge is -2.56. The summed E-state index contributed by atoms with van der Waals surface area (Å²) in [6.07, 6.45) is 4.84. The Kier molecular flexibility index (Phi) is 3.15. The van der Waals surface area contributed by atoms with Gasteiger partial charge in [0.25, 0.3) is 0 Å². The number of rotatable bonds is 3. The van der Waals surface area contributed by atoms with Crippen molar-refractivity contribution in [3.8, 4) is 0 Å². The molecule has 4 heterocycles. The molecule has 3 fully saturated rings. The largest absolute Gasteiger partial charge is 0.464 e. The van der Waals surface area contributed by atoms with Gasteiger partial charge >= 0.3 is 0 Å². The molecular formula is C19H23NO2. The second kappa shape index (κ2) is 4.95. The molecule has 3 aliphatic rings. The first-order chi connectivity index (χ1) is 10.6. The number of piperidine rings is 3. The predicted molar refractivity (Wildman–Crippen MR) is 87.0 cm³/mol. The number of fused-ring (bicyclic) bond motifs is 4. The summed E-state index contributed by atoms with van der Waals surface area (Å²) >= 11 is 0. The summed E-state index contributed by atoms with van der Waals surface area (Å²) in [5.74, 6) is 1.46. The normalized spacial score (nSPS) is 29.8. The summed E-state index contributed by atoms with van der Waals surface area (Å²) in [7, 11) is 0. The molecule has 1 atom stereocenters. The van der Waals surface area contributed by atoms with Gasteiger partial charge in [-0.25, -0.2) is 0 Å². The Morgan fingerprint density at radius 2 is 2.05 bits per heavy atom. The molecule has 0 spiro atoms. The van der Waals surface area contributed by atoms with Crippen molar-refractivity contribution >= 4 is 16.8 Å². The van der Waals surface area contributed by atoms with Crippen LogP contribution in [0, 0.1) is 11.8 Å². The number of carbonyl (C=O) groups excluding carboxylic acids is 1. The zero-order valence-corrected chi connectivity index (χ0v) is 13.3. The lowest BCUT2D eigenvalue weighted by molar-refractivity contribution is -0.0643. The summed E-state index contributed by atoms with van der Waals surface area (Å²) in [6, 6.07) is 7.70. The van der Waals surface area contributed by atoms with Gasteiger partial charge in [0, 0.05) is 22.9 Å². The smallest absolute Gasteiger partial charge is 0.163 e. The molecule has 2 aromatic rings. The summed E-state index contributed by atoms with van der Waals surface area (Å²) in [5.41, 5.74) is 1.82. The Balaban J connectivity index is 1.58. The van der Waals surface area contributed by atoms with Crippen molar-refractivity contribution in [2.75, 3.05) is 13.1 Å². The van der Waals surface area contributed by atoms with Gasteiger partial charge < -0.3 is 4.42 Å². The van der Waals surface area contributed by atoms with Gasteiger partial charge in [-0.1, -0.05) is 0 Å². The zero-order valence-electron chi connectivity index (χ0n) is 13.3. The van der Waals surface area contributed by atoms with Crippen LogP contribution in [0.4, 0.5) is 0 Å². The molecule has 3 saturated heterocycles. The van der Waals surface area contributed by atoms with Crippen LogP contribution in [0.1, 0.15) is 43.5 Å². The van der Waals surface area contributed by atoms with Crippen LogP contribution >= 0.6 is 0 Å². The lowest BCUT2D eigenvalue weighted by Crippen LogP contribution is -2.61. The molecule has 0 aliphatic carbocycles. The van der Waals surface area contributed by atoms with Crippen LogP contribution in [0.5, 0.6) is 0 Å². The molecule has 116 valence electrons. The third-order valence-corrected chi connectivity index (χ3v) is 6.01. The van der Waals surface area contributed by atoms with Crippen LogP contribution in [-0.4, -0.2) is 29.3 Å². The molecule has 3 aliphatic heterocycles. The summed E-state index contributed by atoms with van der Waals surface area (Å²) in [4.78, 5) is 15.4. The van der Waals surface area contributed by atoms with Crippen molar-refractivity contribution in [2.45, 2.75) is 38.6 Å². The molecule has 1 aromatic carbocycles. The molecule has 0 N–H and O–H groups in total. The predicted octanol–water partition coefficient (Wildman–Crippen LogP) is 4.13. The molecule has 0 radical (unpaired) electrons. The van der Waals surface area contributed by atoms with Gasteiger partial charge in [0.15, 0.2) is 5.78 Å². The fourth-order valence-corrected chi connectivity index (χ4v) is 4.56. The van der Waals surface area contributed by atoms with Crippen molar-refractivity contribution in [1.29, 1.82) is 0 Å². The molecule has 3 nitrogen and oxygen atoms in total. The minimum atomic E-state index is 0.149. The zero-order chi connectivity index (χ0) is 15.3. The van der Waals surface area contributed by atoms with E-state index in [1.807, 2.05) is 24.3 Å². The van der Waals surface area contributed by atoms with Crippen molar-refractivity contribution in [3.05, 3.63) is 36.1 Å². The summed E-state index contributed by atoms with van der Waals surface area (Å²) in [6.45, 7) is 7.03. The van der Waals surface area contributed by atoms with Crippen LogP contribution < -0.4 is 0 Å². The average Bonchev–Trinajstić information content (AvgIpc) is 2.98. The fourth-order valence-electron chi connectivity index (χ4n) is 4.56. The number of furan rings is 1. The van der Waals surface area contributed by atoms with Crippen LogP contribution in [0.15, 0.2) is 34.9 Å². The number of nitrogens with zero attached hydrogens (tertiary/aromatic N) is 1. The van der Waals surface area contributed by atoms with E-state index in [9.17, 15) is 4.79 Å². The van der Waals surface area contributed by atoms with E-state index in [1.165, 1.54) is 25.9 Å². The van der Waals surface area contributed by atoms with E-state index in [2.05, 4.69) is 18.7 Å². The van der Waals surface area contributed by atoms with Gasteiger partial charge in [0.2, 0.25) is 0 Å². The van der Waals surface area contributed by atoms with Gasteiger partial charge in [-0.15, -0.1) is 0 Å². The quantitative estimate of drug-likeness (QED) is 0.799. The molecule has 3 heteroatoms. The van der Waals surface area contributed by atoms with E-state index >= 15 is 0 Å². The Morgan fingerprint density at radius 3 is 2.77 bits per heavy atom. The van der Waals surface area contributed by atoms with E-state index < -0.39 is 0 Å². The average molecular weight is 297 g/mol. The third-order valence-electron chi connectivity index (χ3n) is 6.01. The molecule has 5 rings (SSSR count). The standard InChI is InChI=1S/C19H23NO2/c1-19(2)16(13-5-8-20(19)9-6-13)12-17(21)14-3-4-18-15(11-14)7-10-22-18/h3-4,7,10-11,13,16H,5-6,8-9,12H2,1-2H3/t16-/m1/s1. The highest BCUT2D eigenvalue weighted by atomic mass is 16.3. The van der Waals surface area contributed by atoms with Crippen molar-refractivity contribution in [1.82, 2.24) is 4.90 Å². The highest BCUT2D eigenvalue weighted by molar-refractivity contribution is 5.99. The minimum absolute atomic E-state index is 0.149. The summed E-state index contributed by atoms with van der Waals surface area (Å²) < 4.78 is 5.36. The van der Waals surface area contributed by atoms with E-state index in [0.717, 1.165) is 16.5 Å². The molecular weight excluding hydrogens is 274 g/mol. The summed E-state index contributed by atoms with van der Waals surface area (Å²) in [5, 5.41) is 1.01. The number of hydrogen-bond acceptors (Lipinski definition) is 3. The first-order valence-corrected chi connectivity index (χ1v) is 8.31. The van der Waals surface area contributed by atoms with Gasteiger partial charge in [-0.2, -0.15) is 0 Å². The van der Waals surface area contributed by atoms with Crippen LogP contribution in [0.3, 0.4) is 0 Å².